The van der Waals surface area contributed by atoms with E-state index in [-0.39, 0.29) is 18.0 Å². The van der Waals surface area contributed by atoms with Crippen LogP contribution in [0.1, 0.15) is 6.92 Å². The Morgan fingerprint density at radius 1 is 1.07 bits per heavy atom. The van der Waals surface area contributed by atoms with Gasteiger partial charge in [-0.15, -0.1) is 0 Å². The van der Waals surface area contributed by atoms with Crippen LogP contribution in [0.4, 0.5) is 5.69 Å². The van der Waals surface area contributed by atoms with Gasteiger partial charge in [-0.25, -0.2) is 4.52 Å². The van der Waals surface area contributed by atoms with Crippen molar-refractivity contribution in [1.29, 1.82) is 0 Å². The lowest BCUT2D eigenvalue weighted by molar-refractivity contribution is -0.116. The molecule has 29 heavy (non-hydrogen) atoms. The summed E-state index contributed by atoms with van der Waals surface area (Å²) in [6.45, 7) is 2.26. The summed E-state index contributed by atoms with van der Waals surface area (Å²) < 4.78 is 8.42. The number of hydrogen-bond acceptors (Lipinski definition) is 4. The van der Waals surface area contributed by atoms with E-state index in [2.05, 4.69) is 10.4 Å². The van der Waals surface area contributed by atoms with Gasteiger partial charge in [0.1, 0.15) is 17.8 Å². The topological polar surface area (TPSA) is 77.6 Å². The number of ether oxygens (including phenoxy) is 1. The molecule has 7 heteroatoms. The standard InChI is InChI=1S/C22H20N4O3/c1-2-29-20-11-7-6-10-17(20)23-21(27)15-25-12-13-26-19(22(25)28)14-18(24-26)16-8-4-3-5-9-16/h3-14H,2,15H2,1H3,(H,23,27). The average molecular weight is 388 g/mol. The molecule has 0 unspecified atom stereocenters. The number of para-hydroxylation sites is 2. The Morgan fingerprint density at radius 2 is 1.83 bits per heavy atom. The van der Waals surface area contributed by atoms with E-state index in [9.17, 15) is 9.59 Å². The number of nitrogens with one attached hydrogen (secondary N) is 1. The van der Waals surface area contributed by atoms with Gasteiger partial charge in [0.2, 0.25) is 5.91 Å². The Hall–Kier alpha value is -3.87. The van der Waals surface area contributed by atoms with Gasteiger partial charge in [0, 0.05) is 18.0 Å². The molecular weight excluding hydrogens is 368 g/mol. The summed E-state index contributed by atoms with van der Waals surface area (Å²) >= 11 is 0. The molecule has 0 saturated heterocycles. The average Bonchev–Trinajstić information content (AvgIpc) is 3.18. The van der Waals surface area contributed by atoms with Gasteiger partial charge in [0.05, 0.1) is 18.0 Å². The zero-order valence-electron chi connectivity index (χ0n) is 15.9. The number of benzene rings is 2. The Bertz CT molecular complexity index is 1210. The van der Waals surface area contributed by atoms with Crippen LogP contribution in [0.2, 0.25) is 0 Å². The van der Waals surface area contributed by atoms with Gasteiger partial charge in [-0.05, 0) is 25.1 Å². The quantitative estimate of drug-likeness (QED) is 0.550. The zero-order chi connectivity index (χ0) is 20.2. The second kappa shape index (κ2) is 8.02. The van der Waals surface area contributed by atoms with E-state index in [1.165, 1.54) is 9.08 Å². The Balaban J connectivity index is 1.58. The van der Waals surface area contributed by atoms with Gasteiger partial charge >= 0.3 is 0 Å². The lowest BCUT2D eigenvalue weighted by Crippen LogP contribution is -2.28. The van der Waals surface area contributed by atoms with Crippen LogP contribution in [0, 0.1) is 0 Å². The maximum atomic E-state index is 12.8. The Labute approximate surface area is 167 Å². The number of amides is 1. The Morgan fingerprint density at radius 3 is 2.62 bits per heavy atom. The van der Waals surface area contributed by atoms with Crippen molar-refractivity contribution in [2.24, 2.45) is 0 Å². The minimum atomic E-state index is -0.314. The van der Waals surface area contributed by atoms with E-state index in [1.807, 2.05) is 49.4 Å². The molecule has 1 amide bonds. The minimum absolute atomic E-state index is 0.109. The first kappa shape index (κ1) is 18.5. The van der Waals surface area contributed by atoms with E-state index in [1.54, 1.807) is 30.6 Å². The van der Waals surface area contributed by atoms with Gasteiger partial charge in [0.15, 0.2) is 0 Å². The molecule has 0 aliphatic rings. The van der Waals surface area contributed by atoms with Crippen molar-refractivity contribution in [2.75, 3.05) is 11.9 Å². The van der Waals surface area contributed by atoms with Crippen LogP contribution in [0.5, 0.6) is 5.75 Å². The summed E-state index contributed by atoms with van der Waals surface area (Å²) in [4.78, 5) is 25.3. The maximum absolute atomic E-state index is 12.8. The highest BCUT2D eigenvalue weighted by Crippen LogP contribution is 2.23. The van der Waals surface area contributed by atoms with E-state index < -0.39 is 0 Å². The molecule has 146 valence electrons. The molecule has 0 atom stereocenters. The van der Waals surface area contributed by atoms with Crippen LogP contribution >= 0.6 is 0 Å². The summed E-state index contributed by atoms with van der Waals surface area (Å²) in [5.74, 6) is 0.279. The third kappa shape index (κ3) is 3.89. The molecule has 2 heterocycles. The predicted octanol–water partition coefficient (Wildman–Crippen LogP) is 3.20. The van der Waals surface area contributed by atoms with Crippen molar-refractivity contribution >= 4 is 17.1 Å². The van der Waals surface area contributed by atoms with Crippen LogP contribution < -0.4 is 15.6 Å². The van der Waals surface area contributed by atoms with Crippen molar-refractivity contribution in [2.45, 2.75) is 13.5 Å². The summed E-state index contributed by atoms with van der Waals surface area (Å²) in [5, 5.41) is 7.25. The smallest absolute Gasteiger partial charge is 0.277 e. The fourth-order valence-corrected chi connectivity index (χ4v) is 3.10. The van der Waals surface area contributed by atoms with Gasteiger partial charge in [-0.2, -0.15) is 5.10 Å². The number of anilines is 1. The first-order valence-corrected chi connectivity index (χ1v) is 9.31. The summed E-state index contributed by atoms with van der Waals surface area (Å²) in [7, 11) is 0. The summed E-state index contributed by atoms with van der Waals surface area (Å²) in [5.41, 5.74) is 2.33. The van der Waals surface area contributed by atoms with Crippen molar-refractivity contribution in [3.05, 3.63) is 83.4 Å². The lowest BCUT2D eigenvalue weighted by Gasteiger charge is -2.12. The van der Waals surface area contributed by atoms with Gasteiger partial charge in [-0.3, -0.25) is 9.59 Å². The summed E-state index contributed by atoms with van der Waals surface area (Å²) in [6, 6.07) is 18.6. The number of hydrogen-bond donors (Lipinski definition) is 1. The molecule has 0 saturated carbocycles. The monoisotopic (exact) mass is 388 g/mol. The van der Waals surface area contributed by atoms with Crippen molar-refractivity contribution in [3.8, 4) is 17.0 Å². The molecule has 0 aliphatic heterocycles. The second-order valence-corrected chi connectivity index (χ2v) is 6.43. The number of carbonyl (C=O) groups is 1. The van der Waals surface area contributed by atoms with Crippen LogP contribution in [0.15, 0.2) is 77.9 Å². The molecule has 4 aromatic rings. The van der Waals surface area contributed by atoms with Crippen molar-refractivity contribution < 1.29 is 9.53 Å². The normalized spacial score (nSPS) is 10.8. The third-order valence-corrected chi connectivity index (χ3v) is 4.45. The molecular formula is C22H20N4O3. The van der Waals surface area contributed by atoms with Gasteiger partial charge in [-0.1, -0.05) is 42.5 Å². The molecule has 4 rings (SSSR count). The molecule has 0 aliphatic carbocycles. The summed E-state index contributed by atoms with van der Waals surface area (Å²) in [6.07, 6.45) is 3.23. The number of aromatic nitrogens is 3. The van der Waals surface area contributed by atoms with Gasteiger partial charge < -0.3 is 14.6 Å². The number of nitrogens with zero attached hydrogens (tertiary/aromatic N) is 3. The lowest BCUT2D eigenvalue weighted by atomic mass is 10.1. The fraction of sp³-hybridized carbons (Fsp3) is 0.136. The first-order chi connectivity index (χ1) is 14.2. The van der Waals surface area contributed by atoms with E-state index in [4.69, 9.17) is 4.74 Å². The fourth-order valence-electron chi connectivity index (χ4n) is 3.10. The molecule has 2 aromatic carbocycles. The SMILES string of the molecule is CCOc1ccccc1NC(=O)Cn1ccn2nc(-c3ccccc3)cc2c1=O. The number of fused-ring (bicyclic) bond motifs is 1. The van der Waals surface area contributed by atoms with E-state index in [0.29, 0.717) is 29.3 Å². The van der Waals surface area contributed by atoms with E-state index in [0.717, 1.165) is 5.56 Å². The van der Waals surface area contributed by atoms with E-state index >= 15 is 0 Å². The maximum Gasteiger partial charge on any atom is 0.277 e. The molecule has 2 aromatic heterocycles. The zero-order valence-corrected chi connectivity index (χ0v) is 15.9. The number of rotatable bonds is 6. The largest absolute Gasteiger partial charge is 0.492 e. The molecule has 0 radical (unpaired) electrons. The van der Waals surface area contributed by atoms with Crippen LogP contribution in [-0.4, -0.2) is 26.7 Å². The molecule has 0 fully saturated rings. The molecule has 1 N–H and O–H groups in total. The second-order valence-electron chi connectivity index (χ2n) is 6.43. The molecule has 0 bridgehead atoms. The van der Waals surface area contributed by atoms with Crippen molar-refractivity contribution in [1.82, 2.24) is 14.2 Å². The highest BCUT2D eigenvalue weighted by molar-refractivity contribution is 5.92. The first-order valence-electron chi connectivity index (χ1n) is 9.31. The van der Waals surface area contributed by atoms with Gasteiger partial charge in [0.25, 0.3) is 5.56 Å². The highest BCUT2D eigenvalue weighted by atomic mass is 16.5. The van der Waals surface area contributed by atoms with Crippen molar-refractivity contribution in [3.63, 3.8) is 0 Å². The Kier molecular flexibility index (Phi) is 5.11. The van der Waals surface area contributed by atoms with Crippen LogP contribution in [0.25, 0.3) is 16.8 Å². The predicted molar refractivity (Wildman–Crippen MR) is 111 cm³/mol. The molecule has 0 spiro atoms. The molecule has 7 nitrogen and oxygen atoms in total. The van der Waals surface area contributed by atoms with Crippen LogP contribution in [-0.2, 0) is 11.3 Å². The minimum Gasteiger partial charge on any atom is -0.492 e. The third-order valence-electron chi connectivity index (χ3n) is 4.45. The highest BCUT2D eigenvalue weighted by Gasteiger charge is 2.12. The van der Waals surface area contributed by atoms with Crippen LogP contribution in [0.3, 0.4) is 0 Å². The number of carbonyl (C=O) groups excluding carboxylic acids is 1.